The predicted octanol–water partition coefficient (Wildman–Crippen LogP) is 4.33. The number of carbonyl (C=O) groups excluding carboxylic acids is 1. The normalized spacial score (nSPS) is 19.4. The van der Waals surface area contributed by atoms with Crippen LogP contribution in [-0.2, 0) is 4.79 Å². The summed E-state index contributed by atoms with van der Waals surface area (Å²) in [5.74, 6) is 1.61. The number of ketones is 1. The van der Waals surface area contributed by atoms with E-state index in [1.54, 1.807) is 25.6 Å². The molecule has 1 atom stereocenters. The van der Waals surface area contributed by atoms with E-state index in [-0.39, 0.29) is 11.7 Å². The molecule has 1 aromatic heterocycles. The summed E-state index contributed by atoms with van der Waals surface area (Å²) in [7, 11) is 3.27. The van der Waals surface area contributed by atoms with Crippen LogP contribution in [0, 0.1) is 0 Å². The molecule has 0 fully saturated rings. The van der Waals surface area contributed by atoms with Crippen molar-refractivity contribution in [3.05, 3.63) is 51.4 Å². The largest absolute Gasteiger partial charge is 0.493 e. The van der Waals surface area contributed by atoms with Gasteiger partial charge in [-0.15, -0.1) is 11.3 Å². The van der Waals surface area contributed by atoms with Crippen LogP contribution >= 0.6 is 11.3 Å². The molecule has 2 aliphatic rings. The van der Waals surface area contributed by atoms with Crippen molar-refractivity contribution in [1.29, 1.82) is 0 Å². The fourth-order valence-electron chi connectivity index (χ4n) is 3.64. The molecule has 0 amide bonds. The van der Waals surface area contributed by atoms with Gasteiger partial charge in [0.1, 0.15) is 0 Å². The number of methoxy groups -OCH3 is 2. The van der Waals surface area contributed by atoms with Gasteiger partial charge in [0.2, 0.25) is 0 Å². The molecule has 5 heteroatoms. The highest BCUT2D eigenvalue weighted by molar-refractivity contribution is 7.10. The summed E-state index contributed by atoms with van der Waals surface area (Å²) < 4.78 is 10.9. The lowest BCUT2D eigenvalue weighted by molar-refractivity contribution is -0.116. The Morgan fingerprint density at radius 1 is 1.17 bits per heavy atom. The molecule has 0 saturated carbocycles. The third-order valence-corrected chi connectivity index (χ3v) is 5.66. The first-order valence-corrected chi connectivity index (χ1v) is 8.93. The Morgan fingerprint density at radius 2 is 1.96 bits per heavy atom. The molecule has 1 aliphatic carbocycles. The van der Waals surface area contributed by atoms with Gasteiger partial charge in [0.25, 0.3) is 0 Å². The van der Waals surface area contributed by atoms with Gasteiger partial charge in [0, 0.05) is 34.3 Å². The first kappa shape index (κ1) is 15.3. The Balaban J connectivity index is 1.94. The van der Waals surface area contributed by atoms with E-state index >= 15 is 0 Å². The van der Waals surface area contributed by atoms with Crippen LogP contribution in [0.5, 0.6) is 11.5 Å². The Hall–Kier alpha value is -2.27. The molecule has 4 rings (SSSR count). The molecule has 0 spiro atoms. The minimum atomic E-state index is -0.0242. The zero-order valence-corrected chi connectivity index (χ0v) is 14.5. The van der Waals surface area contributed by atoms with Crippen molar-refractivity contribution in [2.24, 2.45) is 0 Å². The highest BCUT2D eigenvalue weighted by Crippen LogP contribution is 2.49. The maximum absolute atomic E-state index is 12.7. The quantitative estimate of drug-likeness (QED) is 0.903. The molecule has 2 heterocycles. The van der Waals surface area contributed by atoms with Crippen molar-refractivity contribution in [3.63, 3.8) is 0 Å². The monoisotopic (exact) mass is 341 g/mol. The molecule has 1 aliphatic heterocycles. The van der Waals surface area contributed by atoms with Gasteiger partial charge >= 0.3 is 0 Å². The fourth-order valence-corrected chi connectivity index (χ4v) is 4.49. The Morgan fingerprint density at radius 3 is 2.67 bits per heavy atom. The van der Waals surface area contributed by atoms with E-state index in [2.05, 4.69) is 16.8 Å². The minimum Gasteiger partial charge on any atom is -0.493 e. The molecule has 1 N–H and O–H groups in total. The van der Waals surface area contributed by atoms with E-state index in [4.69, 9.17) is 9.47 Å². The van der Waals surface area contributed by atoms with Crippen LogP contribution in [0.4, 0.5) is 5.69 Å². The van der Waals surface area contributed by atoms with Crippen molar-refractivity contribution in [2.45, 2.75) is 25.2 Å². The second kappa shape index (κ2) is 5.98. The standard InChI is InChI=1S/C19H19NO3S/c1-22-15-9-11-13(10-16(15)23-2)20-12-5-3-6-14(21)19(12)18(11)17-7-4-8-24-17/h4,7-10,18,20H,3,5-6H2,1-2H3/t18-/m1/s1. The Kier molecular flexibility index (Phi) is 3.81. The summed E-state index contributed by atoms with van der Waals surface area (Å²) in [6.07, 6.45) is 2.45. The van der Waals surface area contributed by atoms with Crippen molar-refractivity contribution < 1.29 is 14.3 Å². The number of allylic oxidation sites excluding steroid dienone is 2. The van der Waals surface area contributed by atoms with Crippen LogP contribution < -0.4 is 14.8 Å². The van der Waals surface area contributed by atoms with Crippen molar-refractivity contribution in [2.75, 3.05) is 19.5 Å². The lowest BCUT2D eigenvalue weighted by atomic mass is 9.78. The van der Waals surface area contributed by atoms with Crippen molar-refractivity contribution in [1.82, 2.24) is 0 Å². The average Bonchev–Trinajstić information content (AvgIpc) is 3.13. The molecule has 0 saturated heterocycles. The number of fused-ring (bicyclic) bond motifs is 1. The molecule has 24 heavy (non-hydrogen) atoms. The van der Waals surface area contributed by atoms with Crippen LogP contribution in [0.25, 0.3) is 0 Å². The van der Waals surface area contributed by atoms with E-state index in [1.807, 2.05) is 18.2 Å². The molecule has 2 aromatic rings. The third kappa shape index (κ3) is 2.31. The maximum Gasteiger partial charge on any atom is 0.162 e. The fraction of sp³-hybridized carbons (Fsp3) is 0.316. The second-order valence-corrected chi connectivity index (χ2v) is 7.02. The molecule has 4 nitrogen and oxygen atoms in total. The van der Waals surface area contributed by atoms with Gasteiger partial charge in [-0.05, 0) is 35.9 Å². The summed E-state index contributed by atoms with van der Waals surface area (Å²) in [5, 5.41) is 5.54. The van der Waals surface area contributed by atoms with E-state index in [0.717, 1.165) is 35.4 Å². The van der Waals surface area contributed by atoms with Crippen LogP contribution in [-0.4, -0.2) is 20.0 Å². The zero-order valence-electron chi connectivity index (χ0n) is 13.7. The number of rotatable bonds is 3. The highest BCUT2D eigenvalue weighted by atomic mass is 32.1. The van der Waals surface area contributed by atoms with Gasteiger partial charge in [-0.3, -0.25) is 4.79 Å². The highest BCUT2D eigenvalue weighted by Gasteiger charge is 2.36. The summed E-state index contributed by atoms with van der Waals surface area (Å²) in [6, 6.07) is 8.11. The van der Waals surface area contributed by atoms with Crippen LogP contribution in [0.3, 0.4) is 0 Å². The average molecular weight is 341 g/mol. The predicted molar refractivity (Wildman–Crippen MR) is 95.2 cm³/mol. The van der Waals surface area contributed by atoms with Gasteiger partial charge in [-0.25, -0.2) is 0 Å². The second-order valence-electron chi connectivity index (χ2n) is 6.04. The first-order valence-electron chi connectivity index (χ1n) is 8.05. The van der Waals surface area contributed by atoms with Gasteiger partial charge in [-0.1, -0.05) is 6.07 Å². The Labute approximate surface area is 145 Å². The molecule has 0 radical (unpaired) electrons. The number of anilines is 1. The number of nitrogens with one attached hydrogen (secondary N) is 1. The van der Waals surface area contributed by atoms with Crippen molar-refractivity contribution >= 4 is 22.8 Å². The van der Waals surface area contributed by atoms with E-state index in [1.165, 1.54) is 4.88 Å². The maximum atomic E-state index is 12.7. The first-order chi connectivity index (χ1) is 11.7. The summed E-state index contributed by atoms with van der Waals surface area (Å²) in [4.78, 5) is 13.9. The number of thiophene rings is 1. The van der Waals surface area contributed by atoms with Gasteiger partial charge in [-0.2, -0.15) is 0 Å². The van der Waals surface area contributed by atoms with Crippen LogP contribution in [0.1, 0.15) is 35.6 Å². The molecule has 1 aromatic carbocycles. The summed E-state index contributed by atoms with van der Waals surface area (Å²) in [5.41, 5.74) is 4.05. The van der Waals surface area contributed by atoms with Crippen molar-refractivity contribution in [3.8, 4) is 11.5 Å². The smallest absolute Gasteiger partial charge is 0.162 e. The van der Waals surface area contributed by atoms with Gasteiger partial charge in [0.05, 0.1) is 20.1 Å². The lowest BCUT2D eigenvalue weighted by Gasteiger charge is -2.33. The number of hydrogen-bond acceptors (Lipinski definition) is 5. The van der Waals surface area contributed by atoms with E-state index in [0.29, 0.717) is 17.9 Å². The van der Waals surface area contributed by atoms with E-state index in [9.17, 15) is 4.79 Å². The summed E-state index contributed by atoms with van der Waals surface area (Å²) in [6.45, 7) is 0. The number of hydrogen-bond donors (Lipinski definition) is 1. The SMILES string of the molecule is COc1cc2c(cc1OC)[C@H](c1cccs1)C1=C(CCCC1=O)N2. The minimum absolute atomic E-state index is 0.0242. The molecule has 0 unspecified atom stereocenters. The number of Topliss-reactive ketones (excluding diaryl/α,β-unsaturated/α-hetero) is 1. The van der Waals surface area contributed by atoms with Gasteiger partial charge in [0.15, 0.2) is 17.3 Å². The number of benzene rings is 1. The molecule has 124 valence electrons. The molecular formula is C19H19NO3S. The van der Waals surface area contributed by atoms with Gasteiger partial charge < -0.3 is 14.8 Å². The van der Waals surface area contributed by atoms with E-state index < -0.39 is 0 Å². The number of carbonyl (C=O) groups is 1. The number of ether oxygens (including phenoxy) is 2. The Bertz CT molecular complexity index is 823. The van der Waals surface area contributed by atoms with Crippen LogP contribution in [0.15, 0.2) is 40.9 Å². The van der Waals surface area contributed by atoms with Crippen LogP contribution in [0.2, 0.25) is 0 Å². The summed E-state index contributed by atoms with van der Waals surface area (Å²) >= 11 is 1.69. The molecule has 0 bridgehead atoms. The zero-order chi connectivity index (χ0) is 16.7. The lowest BCUT2D eigenvalue weighted by Crippen LogP contribution is -2.26. The third-order valence-electron chi connectivity index (χ3n) is 4.72. The molecular weight excluding hydrogens is 322 g/mol. The topological polar surface area (TPSA) is 47.6 Å².